The van der Waals surface area contributed by atoms with Crippen LogP contribution in [0.3, 0.4) is 0 Å². The molecule has 9 heteroatoms. The highest BCUT2D eigenvalue weighted by atomic mass is 32.2. The lowest BCUT2D eigenvalue weighted by molar-refractivity contribution is -0.142. The Morgan fingerprint density at radius 1 is 1.21 bits per heavy atom. The van der Waals surface area contributed by atoms with Crippen molar-refractivity contribution >= 4 is 17.7 Å². The number of carbonyl (C=O) groups is 1. The molecule has 0 aliphatic heterocycles. The molecule has 1 heterocycles. The Labute approximate surface area is 166 Å². The molecule has 28 heavy (non-hydrogen) atoms. The van der Waals surface area contributed by atoms with Crippen molar-refractivity contribution in [1.82, 2.24) is 9.78 Å². The van der Waals surface area contributed by atoms with Gasteiger partial charge in [0, 0.05) is 30.8 Å². The van der Waals surface area contributed by atoms with Crippen molar-refractivity contribution in [1.29, 1.82) is 0 Å². The Balaban J connectivity index is 2.32. The summed E-state index contributed by atoms with van der Waals surface area (Å²) in [6.45, 7) is 6.33. The summed E-state index contributed by atoms with van der Waals surface area (Å²) in [5, 5.41) is 3.89. The third kappa shape index (κ3) is 5.29. The SMILES string of the molecule is Cn1nc(C(F)(F)F)c(C(N)CC(N)=O)c1SCc1ccc(C(C)(C)C)cc1. The van der Waals surface area contributed by atoms with Gasteiger partial charge in [-0.25, -0.2) is 0 Å². The van der Waals surface area contributed by atoms with E-state index in [9.17, 15) is 18.0 Å². The molecule has 1 unspecified atom stereocenters. The van der Waals surface area contributed by atoms with Crippen LogP contribution in [0.2, 0.25) is 0 Å². The van der Waals surface area contributed by atoms with Crippen LogP contribution in [0.25, 0.3) is 0 Å². The average Bonchev–Trinajstić information content (AvgIpc) is 2.89. The normalized spacial score (nSPS) is 13.6. The number of benzene rings is 1. The van der Waals surface area contributed by atoms with Gasteiger partial charge in [0.2, 0.25) is 5.91 Å². The highest BCUT2D eigenvalue weighted by molar-refractivity contribution is 7.98. The second kappa shape index (κ2) is 8.16. The second-order valence-corrected chi connectivity index (χ2v) is 8.67. The van der Waals surface area contributed by atoms with E-state index in [1.807, 2.05) is 24.3 Å². The van der Waals surface area contributed by atoms with E-state index in [0.29, 0.717) is 5.75 Å². The molecule has 2 aromatic rings. The second-order valence-electron chi connectivity index (χ2n) is 7.70. The quantitative estimate of drug-likeness (QED) is 0.702. The monoisotopic (exact) mass is 414 g/mol. The van der Waals surface area contributed by atoms with Crippen LogP contribution in [-0.2, 0) is 29.2 Å². The molecule has 1 amide bonds. The smallest absolute Gasteiger partial charge is 0.370 e. The number of rotatable bonds is 6. The van der Waals surface area contributed by atoms with Gasteiger partial charge in [-0.15, -0.1) is 11.8 Å². The van der Waals surface area contributed by atoms with Crippen LogP contribution >= 0.6 is 11.8 Å². The average molecular weight is 414 g/mol. The summed E-state index contributed by atoms with van der Waals surface area (Å²) in [4.78, 5) is 11.2. The first kappa shape index (κ1) is 22.3. The number of amides is 1. The zero-order chi connectivity index (χ0) is 21.3. The lowest BCUT2D eigenvalue weighted by atomic mass is 9.87. The van der Waals surface area contributed by atoms with Gasteiger partial charge in [0.1, 0.15) is 0 Å². The standard InChI is InChI=1S/C19H25F3N4OS/c1-18(2,3)12-7-5-11(6-8-12)10-28-17-15(13(23)9-14(24)27)16(19(20,21)22)25-26(17)4/h5-8,13H,9-10,23H2,1-4H3,(H2,24,27). The largest absolute Gasteiger partial charge is 0.435 e. The van der Waals surface area contributed by atoms with E-state index in [4.69, 9.17) is 11.5 Å². The molecule has 0 aliphatic rings. The summed E-state index contributed by atoms with van der Waals surface area (Å²) in [5.74, 6) is -0.324. The molecule has 0 saturated heterocycles. The number of halogens is 3. The fourth-order valence-corrected chi connectivity index (χ4v) is 3.94. The minimum absolute atomic E-state index is 0.0179. The van der Waals surface area contributed by atoms with E-state index in [0.717, 1.165) is 10.2 Å². The predicted molar refractivity (Wildman–Crippen MR) is 104 cm³/mol. The Kier molecular flexibility index (Phi) is 6.50. The van der Waals surface area contributed by atoms with E-state index in [1.165, 1.54) is 24.4 Å². The van der Waals surface area contributed by atoms with Crippen LogP contribution < -0.4 is 11.5 Å². The van der Waals surface area contributed by atoms with Gasteiger partial charge in [0.15, 0.2) is 5.69 Å². The molecular formula is C19H25F3N4OS. The maximum atomic E-state index is 13.4. The number of nitrogens with zero attached hydrogens (tertiary/aromatic N) is 2. The maximum Gasteiger partial charge on any atom is 0.435 e. The van der Waals surface area contributed by atoms with Crippen molar-refractivity contribution in [2.45, 2.75) is 55.6 Å². The van der Waals surface area contributed by atoms with Crippen LogP contribution in [-0.4, -0.2) is 15.7 Å². The van der Waals surface area contributed by atoms with Gasteiger partial charge in [0.25, 0.3) is 0 Å². The van der Waals surface area contributed by atoms with E-state index in [2.05, 4.69) is 25.9 Å². The first-order valence-electron chi connectivity index (χ1n) is 8.71. The molecule has 2 rings (SSSR count). The van der Waals surface area contributed by atoms with Gasteiger partial charge < -0.3 is 11.5 Å². The van der Waals surface area contributed by atoms with Crippen LogP contribution in [0, 0.1) is 0 Å². The summed E-state index contributed by atoms with van der Waals surface area (Å²) in [6, 6.07) is 6.77. The van der Waals surface area contributed by atoms with Crippen LogP contribution in [0.15, 0.2) is 29.3 Å². The van der Waals surface area contributed by atoms with Gasteiger partial charge in [-0.05, 0) is 16.5 Å². The molecular weight excluding hydrogens is 389 g/mol. The number of hydrogen-bond acceptors (Lipinski definition) is 4. The van der Waals surface area contributed by atoms with E-state index in [1.54, 1.807) is 0 Å². The Bertz CT molecular complexity index is 839. The van der Waals surface area contributed by atoms with Crippen molar-refractivity contribution in [3.8, 4) is 0 Å². The fourth-order valence-electron chi connectivity index (χ4n) is 2.81. The molecule has 0 aliphatic carbocycles. The summed E-state index contributed by atoms with van der Waals surface area (Å²) >= 11 is 1.20. The minimum Gasteiger partial charge on any atom is -0.370 e. The van der Waals surface area contributed by atoms with Crippen molar-refractivity contribution in [2.24, 2.45) is 18.5 Å². The zero-order valence-electron chi connectivity index (χ0n) is 16.3. The summed E-state index contributed by atoms with van der Waals surface area (Å²) in [6.07, 6.45) is -5.06. The van der Waals surface area contributed by atoms with Crippen molar-refractivity contribution in [3.63, 3.8) is 0 Å². The molecule has 0 spiro atoms. The number of nitrogens with two attached hydrogens (primary N) is 2. The van der Waals surface area contributed by atoms with Crippen LogP contribution in [0.5, 0.6) is 0 Å². The topological polar surface area (TPSA) is 86.9 Å². The maximum absolute atomic E-state index is 13.4. The van der Waals surface area contributed by atoms with Gasteiger partial charge in [-0.1, -0.05) is 45.0 Å². The van der Waals surface area contributed by atoms with Gasteiger partial charge >= 0.3 is 6.18 Å². The number of primary amides is 1. The molecule has 0 fully saturated rings. The van der Waals surface area contributed by atoms with Crippen LogP contribution in [0.4, 0.5) is 13.2 Å². The lowest BCUT2D eigenvalue weighted by Crippen LogP contribution is -2.23. The summed E-state index contributed by atoms with van der Waals surface area (Å²) in [7, 11) is 1.43. The zero-order valence-corrected chi connectivity index (χ0v) is 17.1. The number of alkyl halides is 3. The Hall–Kier alpha value is -2.00. The number of hydrogen-bond donors (Lipinski definition) is 2. The highest BCUT2D eigenvalue weighted by Gasteiger charge is 2.40. The van der Waals surface area contributed by atoms with Crippen molar-refractivity contribution < 1.29 is 18.0 Å². The van der Waals surface area contributed by atoms with Gasteiger partial charge in [-0.3, -0.25) is 9.48 Å². The summed E-state index contributed by atoms with van der Waals surface area (Å²) in [5.41, 5.74) is 11.9. The molecule has 0 saturated carbocycles. The van der Waals surface area contributed by atoms with Crippen molar-refractivity contribution in [2.75, 3.05) is 0 Å². The number of carbonyl (C=O) groups excluding carboxylic acids is 1. The molecule has 154 valence electrons. The van der Waals surface area contributed by atoms with E-state index >= 15 is 0 Å². The molecule has 1 atom stereocenters. The van der Waals surface area contributed by atoms with E-state index < -0.39 is 23.8 Å². The van der Waals surface area contributed by atoms with Gasteiger partial charge in [-0.2, -0.15) is 18.3 Å². The van der Waals surface area contributed by atoms with Gasteiger partial charge in [0.05, 0.1) is 5.03 Å². The molecule has 5 nitrogen and oxygen atoms in total. The Morgan fingerprint density at radius 2 is 1.79 bits per heavy atom. The highest BCUT2D eigenvalue weighted by Crippen LogP contribution is 2.40. The van der Waals surface area contributed by atoms with Crippen molar-refractivity contribution in [3.05, 3.63) is 46.6 Å². The molecule has 4 N–H and O–H groups in total. The molecule has 0 bridgehead atoms. The summed E-state index contributed by atoms with van der Waals surface area (Å²) < 4.78 is 41.4. The predicted octanol–water partition coefficient (Wildman–Crippen LogP) is 3.90. The minimum atomic E-state index is -4.67. The lowest BCUT2D eigenvalue weighted by Gasteiger charge is -2.19. The third-order valence-electron chi connectivity index (χ3n) is 4.29. The third-order valence-corrected chi connectivity index (χ3v) is 5.52. The molecule has 1 aromatic carbocycles. The number of aryl methyl sites for hydroxylation is 1. The molecule has 1 aromatic heterocycles. The first-order valence-corrected chi connectivity index (χ1v) is 9.69. The van der Waals surface area contributed by atoms with E-state index in [-0.39, 0.29) is 22.4 Å². The molecule has 0 radical (unpaired) electrons. The number of aromatic nitrogens is 2. The Morgan fingerprint density at radius 3 is 2.25 bits per heavy atom. The first-order chi connectivity index (χ1) is 12.8. The fraction of sp³-hybridized carbons (Fsp3) is 0.474. The van der Waals surface area contributed by atoms with Crippen LogP contribution in [0.1, 0.15) is 55.6 Å². The number of thioether (sulfide) groups is 1.